The van der Waals surface area contributed by atoms with Gasteiger partial charge in [0.15, 0.2) is 6.29 Å². The quantitative estimate of drug-likeness (QED) is 0.370. The fourth-order valence-corrected chi connectivity index (χ4v) is 1.22. The summed E-state index contributed by atoms with van der Waals surface area (Å²) in [5.41, 5.74) is -1.02. The Kier molecular flexibility index (Phi) is 4.59. The van der Waals surface area contributed by atoms with Crippen molar-refractivity contribution in [3.05, 3.63) is 41.1 Å². The minimum absolute atomic E-state index is 0.0135. The number of carbonyl (C=O) groups excluding carboxylic acids is 1. The van der Waals surface area contributed by atoms with Crippen molar-refractivity contribution in [3.8, 4) is 0 Å². The van der Waals surface area contributed by atoms with Crippen LogP contribution in [-0.2, 0) is 0 Å². The molecule has 0 spiro atoms. The van der Waals surface area contributed by atoms with Crippen LogP contribution in [0, 0.1) is 17.0 Å². The van der Waals surface area contributed by atoms with E-state index in [1.54, 1.807) is 5.32 Å². The third-order valence-electron chi connectivity index (χ3n) is 2.05. The Morgan fingerprint density at radius 3 is 2.22 bits per heavy atom. The van der Waals surface area contributed by atoms with Gasteiger partial charge in [-0.15, -0.1) is 0 Å². The highest BCUT2D eigenvalue weighted by Crippen LogP contribution is 2.19. The average molecular weight is 260 g/mol. The predicted molar refractivity (Wildman–Crippen MR) is 57.6 cm³/mol. The third-order valence-corrected chi connectivity index (χ3v) is 2.05. The smallest absolute Gasteiger partial charge is 0.312 e. The SMILES string of the molecule is N=C/C(=C\NC(F)F)c1cc(F)c(C=O)c(F)c1. The molecule has 1 aromatic carbocycles. The maximum Gasteiger partial charge on any atom is 0.312 e. The van der Waals surface area contributed by atoms with Gasteiger partial charge in [-0.3, -0.25) is 4.79 Å². The summed E-state index contributed by atoms with van der Waals surface area (Å²) in [5.74, 6) is -2.24. The van der Waals surface area contributed by atoms with E-state index in [9.17, 15) is 22.4 Å². The summed E-state index contributed by atoms with van der Waals surface area (Å²) in [6.45, 7) is -2.86. The van der Waals surface area contributed by atoms with E-state index in [4.69, 9.17) is 5.41 Å². The first kappa shape index (κ1) is 13.9. The monoisotopic (exact) mass is 260 g/mol. The number of hydrogen-bond donors (Lipinski definition) is 2. The summed E-state index contributed by atoms with van der Waals surface area (Å²) < 4.78 is 50.3. The fourth-order valence-electron chi connectivity index (χ4n) is 1.22. The highest BCUT2D eigenvalue weighted by atomic mass is 19.3. The molecule has 0 atom stereocenters. The Labute approximate surface area is 99.6 Å². The first-order valence-electron chi connectivity index (χ1n) is 4.69. The minimum Gasteiger partial charge on any atom is -0.336 e. The van der Waals surface area contributed by atoms with Gasteiger partial charge in [0.25, 0.3) is 0 Å². The molecule has 0 amide bonds. The number of halogens is 4. The van der Waals surface area contributed by atoms with Crippen LogP contribution in [0.3, 0.4) is 0 Å². The van der Waals surface area contributed by atoms with E-state index in [-0.39, 0.29) is 17.4 Å². The lowest BCUT2D eigenvalue weighted by Crippen LogP contribution is -2.13. The molecule has 0 aromatic heterocycles. The largest absolute Gasteiger partial charge is 0.336 e. The molecule has 1 rings (SSSR count). The summed E-state index contributed by atoms with van der Waals surface area (Å²) in [6.07, 6.45) is 1.43. The van der Waals surface area contributed by atoms with Crippen LogP contribution in [-0.4, -0.2) is 19.1 Å². The van der Waals surface area contributed by atoms with Crippen LogP contribution in [0.1, 0.15) is 15.9 Å². The molecule has 0 saturated heterocycles. The zero-order chi connectivity index (χ0) is 13.7. The Balaban J connectivity index is 3.19. The van der Waals surface area contributed by atoms with Gasteiger partial charge in [0.1, 0.15) is 11.6 Å². The van der Waals surface area contributed by atoms with E-state index in [2.05, 4.69) is 0 Å². The molecule has 1 aromatic rings. The number of aldehydes is 1. The summed E-state index contributed by atoms with van der Waals surface area (Å²) in [6, 6.07) is 1.58. The molecule has 2 N–H and O–H groups in total. The van der Waals surface area contributed by atoms with E-state index in [0.717, 1.165) is 18.3 Å². The third kappa shape index (κ3) is 3.16. The molecule has 0 bridgehead atoms. The molecule has 0 saturated carbocycles. The average Bonchev–Trinajstić information content (AvgIpc) is 2.29. The normalized spacial score (nSPS) is 11.5. The summed E-state index contributed by atoms with van der Waals surface area (Å²) in [4.78, 5) is 10.4. The van der Waals surface area contributed by atoms with Crippen molar-refractivity contribution in [1.29, 1.82) is 5.41 Å². The fraction of sp³-hybridized carbons (Fsp3) is 0.0909. The van der Waals surface area contributed by atoms with Crippen molar-refractivity contribution in [2.75, 3.05) is 0 Å². The molecule has 0 unspecified atom stereocenters. The lowest BCUT2D eigenvalue weighted by molar-refractivity contribution is 0.111. The summed E-state index contributed by atoms with van der Waals surface area (Å²) in [5, 5.41) is 8.59. The first-order chi connectivity index (χ1) is 8.49. The molecule has 18 heavy (non-hydrogen) atoms. The van der Waals surface area contributed by atoms with Gasteiger partial charge >= 0.3 is 6.55 Å². The summed E-state index contributed by atoms with van der Waals surface area (Å²) in [7, 11) is 0. The van der Waals surface area contributed by atoms with Crippen molar-refractivity contribution in [2.24, 2.45) is 0 Å². The van der Waals surface area contributed by atoms with Gasteiger partial charge in [0, 0.05) is 18.0 Å². The molecule has 7 heteroatoms. The number of alkyl halides is 2. The van der Waals surface area contributed by atoms with E-state index >= 15 is 0 Å². The molecular formula is C11H8F4N2O. The maximum atomic E-state index is 13.3. The number of benzene rings is 1. The lowest BCUT2D eigenvalue weighted by atomic mass is 10.0. The molecular weight excluding hydrogens is 252 g/mol. The van der Waals surface area contributed by atoms with Crippen molar-refractivity contribution >= 4 is 18.1 Å². The highest BCUT2D eigenvalue weighted by Gasteiger charge is 2.12. The Hall–Kier alpha value is -2.18. The number of carbonyl (C=O) groups is 1. The number of allylic oxidation sites excluding steroid dienone is 1. The molecule has 0 fully saturated rings. The van der Waals surface area contributed by atoms with Gasteiger partial charge in [-0.05, 0) is 17.7 Å². The topological polar surface area (TPSA) is 53.0 Å². The molecule has 3 nitrogen and oxygen atoms in total. The van der Waals surface area contributed by atoms with Crippen LogP contribution < -0.4 is 5.32 Å². The van der Waals surface area contributed by atoms with E-state index in [0.29, 0.717) is 6.21 Å². The predicted octanol–water partition coefficient (Wildman–Crippen LogP) is 2.58. The molecule has 0 aliphatic rings. The summed E-state index contributed by atoms with van der Waals surface area (Å²) >= 11 is 0. The van der Waals surface area contributed by atoms with Gasteiger partial charge in [-0.1, -0.05) is 0 Å². The Morgan fingerprint density at radius 1 is 1.28 bits per heavy atom. The zero-order valence-corrected chi connectivity index (χ0v) is 8.88. The molecule has 0 aliphatic heterocycles. The maximum absolute atomic E-state index is 13.3. The number of rotatable bonds is 5. The van der Waals surface area contributed by atoms with Crippen LogP contribution in [0.25, 0.3) is 5.57 Å². The van der Waals surface area contributed by atoms with Gasteiger partial charge in [0.2, 0.25) is 0 Å². The van der Waals surface area contributed by atoms with Crippen LogP contribution in [0.5, 0.6) is 0 Å². The van der Waals surface area contributed by atoms with Crippen molar-refractivity contribution < 1.29 is 22.4 Å². The van der Waals surface area contributed by atoms with Crippen molar-refractivity contribution in [3.63, 3.8) is 0 Å². The first-order valence-corrected chi connectivity index (χ1v) is 4.69. The second kappa shape index (κ2) is 5.95. The molecule has 0 aliphatic carbocycles. The van der Waals surface area contributed by atoms with Crippen LogP contribution in [0.4, 0.5) is 17.6 Å². The van der Waals surface area contributed by atoms with Gasteiger partial charge in [-0.2, -0.15) is 8.78 Å². The van der Waals surface area contributed by atoms with Crippen molar-refractivity contribution in [1.82, 2.24) is 5.32 Å². The van der Waals surface area contributed by atoms with Crippen LogP contribution >= 0.6 is 0 Å². The highest BCUT2D eigenvalue weighted by molar-refractivity contribution is 6.08. The van der Waals surface area contributed by atoms with Gasteiger partial charge in [0.05, 0.1) is 5.56 Å². The minimum atomic E-state index is -2.86. The number of hydrogen-bond acceptors (Lipinski definition) is 3. The van der Waals surface area contributed by atoms with Crippen LogP contribution in [0.15, 0.2) is 18.3 Å². The second-order valence-corrected chi connectivity index (χ2v) is 3.18. The van der Waals surface area contributed by atoms with Crippen molar-refractivity contribution in [2.45, 2.75) is 6.55 Å². The molecule has 96 valence electrons. The van der Waals surface area contributed by atoms with Gasteiger partial charge < -0.3 is 10.7 Å². The van der Waals surface area contributed by atoms with E-state index in [1.807, 2.05) is 0 Å². The number of nitrogens with one attached hydrogen (secondary N) is 2. The standard InChI is InChI=1S/C11H8F4N2O/c12-9-1-6(2-10(13)8(9)5-18)7(3-16)4-17-11(14)15/h1-5,11,16-17H/b7-4+,16-3?. The Morgan fingerprint density at radius 2 is 1.83 bits per heavy atom. The lowest BCUT2D eigenvalue weighted by Gasteiger charge is -2.06. The second-order valence-electron chi connectivity index (χ2n) is 3.18. The van der Waals surface area contributed by atoms with Crippen LogP contribution in [0.2, 0.25) is 0 Å². The van der Waals surface area contributed by atoms with Gasteiger partial charge in [-0.25, -0.2) is 8.78 Å². The Bertz CT molecular complexity index is 477. The molecule has 0 radical (unpaired) electrons. The van der Waals surface area contributed by atoms with E-state index < -0.39 is 23.7 Å². The molecule has 0 heterocycles. The zero-order valence-electron chi connectivity index (χ0n) is 8.88. The van der Waals surface area contributed by atoms with E-state index in [1.165, 1.54) is 0 Å².